The lowest BCUT2D eigenvalue weighted by Gasteiger charge is -2.16. The summed E-state index contributed by atoms with van der Waals surface area (Å²) in [5.41, 5.74) is 5.27. The van der Waals surface area contributed by atoms with Gasteiger partial charge in [-0.1, -0.05) is 23.7 Å². The number of aromatic nitrogens is 2. The maximum absolute atomic E-state index is 13.3. The minimum Gasteiger partial charge on any atom is -0.399 e. The van der Waals surface area contributed by atoms with Crippen molar-refractivity contribution in [1.29, 1.82) is 0 Å². The monoisotopic (exact) mass is 436 g/mol. The lowest BCUT2D eigenvalue weighted by molar-refractivity contribution is -0.136. The Hall–Kier alpha value is -3.53. The zero-order valence-corrected chi connectivity index (χ0v) is 16.3. The maximum Gasteiger partial charge on any atom is 0.418 e. The predicted molar refractivity (Wildman–Crippen MR) is 109 cm³/mol. The van der Waals surface area contributed by atoms with Gasteiger partial charge in [-0.05, 0) is 30.3 Å². The van der Waals surface area contributed by atoms with Gasteiger partial charge in [0.1, 0.15) is 5.02 Å². The van der Waals surface area contributed by atoms with Crippen LogP contribution in [-0.2, 0) is 6.18 Å². The molecule has 0 aliphatic rings. The third kappa shape index (κ3) is 4.71. The van der Waals surface area contributed by atoms with Crippen molar-refractivity contribution in [3.63, 3.8) is 0 Å². The summed E-state index contributed by atoms with van der Waals surface area (Å²) in [7, 11) is 1.49. The van der Waals surface area contributed by atoms with Crippen LogP contribution in [0.1, 0.15) is 15.9 Å². The summed E-state index contributed by atoms with van der Waals surface area (Å²) < 4.78 is 39.8. The third-order valence-corrected chi connectivity index (χ3v) is 4.27. The average Bonchev–Trinajstić information content (AvgIpc) is 2.69. The van der Waals surface area contributed by atoms with E-state index < -0.39 is 11.7 Å². The molecule has 0 unspecified atom stereocenters. The summed E-state index contributed by atoms with van der Waals surface area (Å²) >= 11 is 6.13. The Morgan fingerprint density at radius 1 is 1.10 bits per heavy atom. The highest BCUT2D eigenvalue weighted by molar-refractivity contribution is 6.33. The molecule has 30 heavy (non-hydrogen) atoms. The van der Waals surface area contributed by atoms with E-state index >= 15 is 0 Å². The first-order valence-corrected chi connectivity index (χ1v) is 8.91. The minimum absolute atomic E-state index is 0.1000. The van der Waals surface area contributed by atoms with Crippen molar-refractivity contribution in [1.82, 2.24) is 15.3 Å². The van der Waals surface area contributed by atoms with Gasteiger partial charge in [0.15, 0.2) is 5.82 Å². The molecular weight excluding hydrogens is 421 g/mol. The number of alkyl halides is 3. The Morgan fingerprint density at radius 3 is 2.53 bits per heavy atom. The summed E-state index contributed by atoms with van der Waals surface area (Å²) in [5.74, 6) is -0.380. The van der Waals surface area contributed by atoms with Crippen molar-refractivity contribution < 1.29 is 18.0 Å². The summed E-state index contributed by atoms with van der Waals surface area (Å²) in [4.78, 5) is 20.1. The molecule has 0 bridgehead atoms. The number of para-hydroxylation sites is 1. The first kappa shape index (κ1) is 21.2. The summed E-state index contributed by atoms with van der Waals surface area (Å²) in [6.45, 7) is 0. The van der Waals surface area contributed by atoms with Crippen molar-refractivity contribution in [2.75, 3.05) is 23.4 Å². The molecule has 3 aromatic rings. The van der Waals surface area contributed by atoms with E-state index in [-0.39, 0.29) is 34.1 Å². The minimum atomic E-state index is -4.60. The first-order valence-electron chi connectivity index (χ1n) is 8.53. The molecule has 1 heterocycles. The number of benzene rings is 2. The number of hydrogen-bond acceptors (Lipinski definition) is 6. The molecule has 5 N–H and O–H groups in total. The van der Waals surface area contributed by atoms with Crippen LogP contribution in [0.5, 0.6) is 0 Å². The number of nitrogens with one attached hydrogen (secondary N) is 3. The van der Waals surface area contributed by atoms with Gasteiger partial charge in [-0.15, -0.1) is 0 Å². The fourth-order valence-corrected chi connectivity index (χ4v) is 2.74. The molecule has 0 spiro atoms. The third-order valence-electron chi connectivity index (χ3n) is 3.99. The second-order valence-corrected chi connectivity index (χ2v) is 6.47. The number of anilines is 5. The number of nitrogens with zero attached hydrogens (tertiary/aromatic N) is 2. The second kappa shape index (κ2) is 8.46. The molecule has 7 nitrogen and oxygen atoms in total. The fraction of sp³-hybridized carbons (Fsp3) is 0.105. The van der Waals surface area contributed by atoms with Crippen molar-refractivity contribution >= 4 is 46.3 Å². The Kier molecular flexibility index (Phi) is 5.97. The predicted octanol–water partition coefficient (Wildman–Crippen LogP) is 4.58. The van der Waals surface area contributed by atoms with Gasteiger partial charge in [0.2, 0.25) is 5.95 Å². The van der Waals surface area contributed by atoms with E-state index in [1.54, 1.807) is 24.3 Å². The highest BCUT2D eigenvalue weighted by Gasteiger charge is 2.33. The summed E-state index contributed by atoms with van der Waals surface area (Å²) in [6, 6.07) is 9.77. The largest absolute Gasteiger partial charge is 0.418 e. The zero-order valence-electron chi connectivity index (χ0n) is 15.5. The van der Waals surface area contributed by atoms with E-state index in [1.807, 2.05) is 0 Å². The van der Waals surface area contributed by atoms with Crippen molar-refractivity contribution in [2.45, 2.75) is 6.18 Å². The van der Waals surface area contributed by atoms with E-state index in [4.69, 9.17) is 17.3 Å². The van der Waals surface area contributed by atoms with Gasteiger partial charge < -0.3 is 21.7 Å². The van der Waals surface area contributed by atoms with E-state index in [1.165, 1.54) is 13.2 Å². The number of halogens is 4. The topological polar surface area (TPSA) is 105 Å². The first-order chi connectivity index (χ1) is 14.2. The second-order valence-electron chi connectivity index (χ2n) is 6.07. The van der Waals surface area contributed by atoms with Crippen molar-refractivity contribution in [3.8, 4) is 0 Å². The van der Waals surface area contributed by atoms with Crippen LogP contribution in [-0.4, -0.2) is 22.9 Å². The normalized spacial score (nSPS) is 11.1. The summed E-state index contributed by atoms with van der Waals surface area (Å²) in [6.07, 6.45) is -3.38. The Bertz CT molecular complexity index is 1090. The molecule has 1 aromatic heterocycles. The molecule has 1 amide bonds. The highest BCUT2D eigenvalue weighted by Crippen LogP contribution is 2.37. The molecular formula is C19H16ClF3N6O. The van der Waals surface area contributed by atoms with Gasteiger partial charge in [-0.2, -0.15) is 18.2 Å². The number of nitrogens with two attached hydrogens (primary N) is 1. The van der Waals surface area contributed by atoms with Gasteiger partial charge in [0.25, 0.3) is 5.91 Å². The van der Waals surface area contributed by atoms with Gasteiger partial charge in [0, 0.05) is 12.7 Å². The number of hydrogen-bond donors (Lipinski definition) is 4. The zero-order chi connectivity index (χ0) is 21.9. The Labute approximate surface area is 174 Å². The quantitative estimate of drug-likeness (QED) is 0.436. The van der Waals surface area contributed by atoms with Crippen molar-refractivity contribution in [2.24, 2.45) is 0 Å². The van der Waals surface area contributed by atoms with E-state index in [9.17, 15) is 18.0 Å². The summed E-state index contributed by atoms with van der Waals surface area (Å²) in [5, 5.41) is 8.05. The van der Waals surface area contributed by atoms with Crippen LogP contribution in [0, 0.1) is 0 Å². The SMILES string of the molecule is CNC(=O)c1ccccc1Nc1nc(Nc2cc(N)ccc2C(F)(F)F)ncc1Cl. The van der Waals surface area contributed by atoms with Gasteiger partial charge in [0.05, 0.1) is 28.7 Å². The van der Waals surface area contributed by atoms with Crippen LogP contribution in [0.3, 0.4) is 0 Å². The van der Waals surface area contributed by atoms with E-state index in [0.717, 1.165) is 18.2 Å². The lowest BCUT2D eigenvalue weighted by atomic mass is 10.1. The maximum atomic E-state index is 13.3. The Balaban J connectivity index is 1.95. The van der Waals surface area contributed by atoms with Gasteiger partial charge in [-0.25, -0.2) is 4.98 Å². The molecule has 0 fully saturated rings. The number of nitrogen functional groups attached to an aromatic ring is 1. The standard InChI is InChI=1S/C19H16ClF3N6O/c1-25-17(30)11-4-2-3-5-14(11)27-16-13(20)9-26-18(29-16)28-15-8-10(24)6-7-12(15)19(21,22)23/h2-9H,24H2,1H3,(H,25,30)(H2,26,27,28,29). The number of rotatable bonds is 5. The smallest absolute Gasteiger partial charge is 0.399 e. The molecule has 0 saturated carbocycles. The number of carbonyl (C=O) groups excluding carboxylic acids is 1. The molecule has 0 radical (unpaired) electrons. The van der Waals surface area contributed by atoms with Crippen LogP contribution in [0.2, 0.25) is 5.02 Å². The molecule has 0 aliphatic heterocycles. The molecule has 0 saturated heterocycles. The molecule has 2 aromatic carbocycles. The molecule has 0 atom stereocenters. The lowest BCUT2D eigenvalue weighted by Crippen LogP contribution is -2.19. The van der Waals surface area contributed by atoms with E-state index in [0.29, 0.717) is 11.3 Å². The molecule has 0 aliphatic carbocycles. The molecule has 11 heteroatoms. The highest BCUT2D eigenvalue weighted by atomic mass is 35.5. The van der Waals surface area contributed by atoms with Gasteiger partial charge >= 0.3 is 6.18 Å². The van der Waals surface area contributed by atoms with Crippen molar-refractivity contribution in [3.05, 3.63) is 64.8 Å². The fourth-order valence-electron chi connectivity index (χ4n) is 2.60. The van der Waals surface area contributed by atoms with Crippen LogP contribution in [0.25, 0.3) is 0 Å². The van der Waals surface area contributed by atoms with Gasteiger partial charge in [-0.3, -0.25) is 4.79 Å². The number of carbonyl (C=O) groups is 1. The van der Waals surface area contributed by atoms with Crippen LogP contribution >= 0.6 is 11.6 Å². The van der Waals surface area contributed by atoms with E-state index in [2.05, 4.69) is 25.9 Å². The van der Waals surface area contributed by atoms with Crippen LogP contribution < -0.4 is 21.7 Å². The molecule has 3 rings (SSSR count). The Morgan fingerprint density at radius 2 is 1.83 bits per heavy atom. The van der Waals surface area contributed by atoms with Crippen LogP contribution in [0.15, 0.2) is 48.7 Å². The number of amides is 1. The van der Waals surface area contributed by atoms with Crippen LogP contribution in [0.4, 0.5) is 42.0 Å². The molecule has 156 valence electrons. The average molecular weight is 437 g/mol.